The zero-order valence-electron chi connectivity index (χ0n) is 6.77. The summed E-state index contributed by atoms with van der Waals surface area (Å²) in [4.78, 5) is 5.20. The van der Waals surface area contributed by atoms with Gasteiger partial charge in [-0.15, -0.1) is 12.6 Å². The van der Waals surface area contributed by atoms with Gasteiger partial charge in [-0.25, -0.2) is 4.57 Å². The quantitative estimate of drug-likeness (QED) is 0.525. The minimum absolute atomic E-state index is 0.191. The molecule has 0 N–H and O–H groups in total. The van der Waals surface area contributed by atoms with Crippen molar-refractivity contribution >= 4 is 12.6 Å². The van der Waals surface area contributed by atoms with Crippen LogP contribution in [0.2, 0.25) is 0 Å². The van der Waals surface area contributed by atoms with Gasteiger partial charge in [0.2, 0.25) is 0 Å². The molecule has 0 aliphatic heterocycles. The summed E-state index contributed by atoms with van der Waals surface area (Å²) in [7, 11) is 0. The predicted molar refractivity (Wildman–Crippen MR) is 45.4 cm³/mol. The first-order chi connectivity index (χ1) is 5.24. The molecule has 1 heterocycles. The molecule has 11 heavy (non-hydrogen) atoms. The van der Waals surface area contributed by atoms with E-state index in [4.69, 9.17) is 4.84 Å². The summed E-state index contributed by atoms with van der Waals surface area (Å²) in [6.07, 6.45) is 5.64. The first-order valence-electron chi connectivity index (χ1n) is 3.64. The second-order valence-corrected chi connectivity index (χ2v) is 3.02. The number of aromatic nitrogens is 2. The van der Waals surface area contributed by atoms with Gasteiger partial charge in [0, 0.05) is 0 Å². The Morgan fingerprint density at radius 3 is 2.91 bits per heavy atom. The molecule has 0 amide bonds. The molecule has 1 rings (SSSR count). The molecule has 0 aliphatic rings. The molecule has 1 aromatic heterocycles. The van der Waals surface area contributed by atoms with Crippen LogP contribution in [0.15, 0.2) is 18.7 Å². The molecular weight excluding hydrogens is 160 g/mol. The molecule has 4 heteroatoms. The predicted octanol–water partition coefficient (Wildman–Crippen LogP) is 0.672. The van der Waals surface area contributed by atoms with Crippen molar-refractivity contribution in [1.29, 1.82) is 0 Å². The highest BCUT2D eigenvalue weighted by molar-refractivity contribution is 7.80. The van der Waals surface area contributed by atoms with Crippen molar-refractivity contribution in [3.63, 3.8) is 0 Å². The highest BCUT2D eigenvalue weighted by Gasteiger charge is 2.06. The van der Waals surface area contributed by atoms with Gasteiger partial charge in [0.25, 0.3) is 6.33 Å². The minimum atomic E-state index is 0.191. The van der Waals surface area contributed by atoms with E-state index in [1.165, 1.54) is 0 Å². The fourth-order valence-corrected chi connectivity index (χ4v) is 0.934. The van der Waals surface area contributed by atoms with Crippen LogP contribution in [0.5, 0.6) is 0 Å². The fraction of sp³-hybridized carbons (Fsp3) is 0.571. The maximum atomic E-state index is 5.20. The van der Waals surface area contributed by atoms with Crippen LogP contribution in [-0.4, -0.2) is 11.3 Å². The lowest BCUT2D eigenvalue weighted by Crippen LogP contribution is -2.32. The molecule has 0 unspecified atom stereocenters. The zero-order chi connectivity index (χ0) is 8.27. The van der Waals surface area contributed by atoms with Gasteiger partial charge in [0.15, 0.2) is 6.20 Å². The highest BCUT2D eigenvalue weighted by Crippen LogP contribution is 1.97. The molecule has 0 fully saturated rings. The van der Waals surface area contributed by atoms with Gasteiger partial charge in [-0.3, -0.25) is 0 Å². The average Bonchev–Trinajstić information content (AvgIpc) is 2.37. The summed E-state index contributed by atoms with van der Waals surface area (Å²) < 4.78 is 3.63. The van der Waals surface area contributed by atoms with E-state index in [0.29, 0.717) is 6.61 Å². The monoisotopic (exact) mass is 173 g/mol. The van der Waals surface area contributed by atoms with Gasteiger partial charge in [-0.1, -0.05) is 4.73 Å². The van der Waals surface area contributed by atoms with Crippen molar-refractivity contribution in [1.82, 2.24) is 4.73 Å². The minimum Gasteiger partial charge on any atom is -0.336 e. The maximum absolute atomic E-state index is 5.20. The Hall–Kier alpha value is -0.640. The summed E-state index contributed by atoms with van der Waals surface area (Å²) in [6.45, 7) is 4.63. The third kappa shape index (κ3) is 2.15. The molecule has 0 saturated heterocycles. The van der Waals surface area contributed by atoms with E-state index < -0.39 is 0 Å². The van der Waals surface area contributed by atoms with Gasteiger partial charge in [0.05, 0.1) is 0 Å². The van der Waals surface area contributed by atoms with Gasteiger partial charge < -0.3 is 4.84 Å². The van der Waals surface area contributed by atoms with Crippen molar-refractivity contribution in [2.75, 3.05) is 6.61 Å². The lowest BCUT2D eigenvalue weighted by molar-refractivity contribution is -0.696. The van der Waals surface area contributed by atoms with Crippen molar-refractivity contribution in [2.45, 2.75) is 19.2 Å². The lowest BCUT2D eigenvalue weighted by Gasteiger charge is -1.96. The molecule has 0 radical (unpaired) electrons. The number of imidazole rings is 1. The molecule has 1 atom stereocenters. The van der Waals surface area contributed by atoms with E-state index in [2.05, 4.69) is 12.6 Å². The van der Waals surface area contributed by atoms with Gasteiger partial charge in [-0.05, 0) is 13.8 Å². The molecule has 1 aromatic rings. The van der Waals surface area contributed by atoms with E-state index in [9.17, 15) is 0 Å². The fourth-order valence-electron chi connectivity index (χ4n) is 0.798. The number of hydrogen-bond donors (Lipinski definition) is 1. The molecule has 0 aliphatic carbocycles. The standard InChI is InChI=1S/C7H12N2OS/c1-3-10-9-5-4-8(6-9)7(2)11/h4-7H,3H2,1-2H3/p+1/t7-/m0/s1. The molecular formula is C7H13N2OS+. The van der Waals surface area contributed by atoms with Gasteiger partial charge >= 0.3 is 0 Å². The van der Waals surface area contributed by atoms with E-state index in [1.54, 1.807) is 4.73 Å². The average molecular weight is 173 g/mol. The first kappa shape index (κ1) is 8.46. The molecule has 0 aromatic carbocycles. The molecule has 3 nitrogen and oxygen atoms in total. The third-order valence-electron chi connectivity index (χ3n) is 1.34. The summed E-state index contributed by atoms with van der Waals surface area (Å²) in [5.41, 5.74) is 0. The zero-order valence-corrected chi connectivity index (χ0v) is 7.66. The number of hydrogen-bond acceptors (Lipinski definition) is 2. The summed E-state index contributed by atoms with van der Waals surface area (Å²) in [6, 6.07) is 0. The van der Waals surface area contributed by atoms with E-state index in [1.807, 2.05) is 37.1 Å². The maximum Gasteiger partial charge on any atom is 0.285 e. The van der Waals surface area contributed by atoms with Crippen molar-refractivity contribution in [3.05, 3.63) is 18.7 Å². The Balaban J connectivity index is 2.66. The van der Waals surface area contributed by atoms with Crippen molar-refractivity contribution in [2.24, 2.45) is 0 Å². The SMILES string of the molecule is CCOn1cc[n+]([C@H](C)S)c1. The van der Waals surface area contributed by atoms with Crippen LogP contribution in [0, 0.1) is 0 Å². The van der Waals surface area contributed by atoms with Crippen LogP contribution in [0.4, 0.5) is 0 Å². The Bertz CT molecular complexity index is 222. The Morgan fingerprint density at radius 1 is 1.73 bits per heavy atom. The topological polar surface area (TPSA) is 18.0 Å². The summed E-state index contributed by atoms with van der Waals surface area (Å²) in [5, 5.41) is 0.191. The Kier molecular flexibility index (Phi) is 2.82. The normalized spacial score (nSPS) is 13.0. The number of thiol groups is 1. The smallest absolute Gasteiger partial charge is 0.285 e. The van der Waals surface area contributed by atoms with Crippen molar-refractivity contribution in [3.8, 4) is 0 Å². The van der Waals surface area contributed by atoms with E-state index >= 15 is 0 Å². The summed E-state index contributed by atoms with van der Waals surface area (Å²) >= 11 is 4.26. The number of rotatable bonds is 3. The Morgan fingerprint density at radius 2 is 2.45 bits per heavy atom. The highest BCUT2D eigenvalue weighted by atomic mass is 32.1. The largest absolute Gasteiger partial charge is 0.336 e. The van der Waals surface area contributed by atoms with Crippen LogP contribution >= 0.6 is 12.6 Å². The molecule has 0 bridgehead atoms. The first-order valence-corrected chi connectivity index (χ1v) is 4.15. The Labute approximate surface area is 72.0 Å². The van der Waals surface area contributed by atoms with Crippen LogP contribution in [0.25, 0.3) is 0 Å². The van der Waals surface area contributed by atoms with E-state index in [0.717, 1.165) is 0 Å². The second-order valence-electron chi connectivity index (χ2n) is 2.27. The van der Waals surface area contributed by atoms with Gasteiger partial charge in [0.1, 0.15) is 18.2 Å². The molecule has 62 valence electrons. The number of nitrogens with zero attached hydrogens (tertiary/aromatic N) is 2. The summed E-state index contributed by atoms with van der Waals surface area (Å²) in [5.74, 6) is 0. The van der Waals surface area contributed by atoms with Crippen LogP contribution in [0.3, 0.4) is 0 Å². The lowest BCUT2D eigenvalue weighted by atomic mass is 10.7. The van der Waals surface area contributed by atoms with Gasteiger partial charge in [-0.2, -0.15) is 0 Å². The second kappa shape index (κ2) is 3.67. The van der Waals surface area contributed by atoms with Crippen molar-refractivity contribution < 1.29 is 9.40 Å². The van der Waals surface area contributed by atoms with Crippen LogP contribution in [-0.2, 0) is 0 Å². The molecule has 0 spiro atoms. The van der Waals surface area contributed by atoms with Crippen LogP contribution < -0.4 is 9.40 Å². The molecule has 0 saturated carbocycles. The van der Waals surface area contributed by atoms with Crippen LogP contribution in [0.1, 0.15) is 19.2 Å². The third-order valence-corrected chi connectivity index (χ3v) is 1.61. The van der Waals surface area contributed by atoms with E-state index in [-0.39, 0.29) is 5.37 Å².